The third-order valence-electron chi connectivity index (χ3n) is 2.52. The lowest BCUT2D eigenvalue weighted by atomic mass is 10.2. The van der Waals surface area contributed by atoms with Gasteiger partial charge < -0.3 is 4.90 Å². The Labute approximate surface area is 109 Å². The van der Waals surface area contributed by atoms with Gasteiger partial charge in [-0.2, -0.15) is 5.21 Å². The van der Waals surface area contributed by atoms with Crippen molar-refractivity contribution in [1.82, 2.24) is 25.5 Å². The lowest BCUT2D eigenvalue weighted by Crippen LogP contribution is -2.31. The molecule has 6 nitrogen and oxygen atoms in total. The molecule has 1 aromatic carbocycles. The highest BCUT2D eigenvalue weighted by Crippen LogP contribution is 2.17. The number of rotatable bonds is 4. The number of carbonyl (C=O) groups is 1. The van der Waals surface area contributed by atoms with Crippen molar-refractivity contribution in [2.45, 2.75) is 13.5 Å². The van der Waals surface area contributed by atoms with Crippen molar-refractivity contribution in [1.29, 1.82) is 0 Å². The summed E-state index contributed by atoms with van der Waals surface area (Å²) < 4.78 is 0. The molecule has 18 heavy (non-hydrogen) atoms. The number of tetrazole rings is 1. The van der Waals surface area contributed by atoms with Crippen LogP contribution in [-0.2, 0) is 6.54 Å². The molecule has 1 aromatic heterocycles. The van der Waals surface area contributed by atoms with Crippen LogP contribution in [0.4, 0.5) is 0 Å². The summed E-state index contributed by atoms with van der Waals surface area (Å²) in [4.78, 5) is 13.7. The second-order valence-electron chi connectivity index (χ2n) is 3.65. The molecule has 0 bridgehead atoms. The fraction of sp³-hybridized carbons (Fsp3) is 0.273. The minimum absolute atomic E-state index is 0.0592. The van der Waals surface area contributed by atoms with Crippen LogP contribution in [0.15, 0.2) is 24.3 Å². The monoisotopic (exact) mass is 265 g/mol. The van der Waals surface area contributed by atoms with Gasteiger partial charge in [0.15, 0.2) is 0 Å². The quantitative estimate of drug-likeness (QED) is 0.909. The van der Waals surface area contributed by atoms with Gasteiger partial charge in [0.1, 0.15) is 0 Å². The van der Waals surface area contributed by atoms with Gasteiger partial charge in [-0.15, -0.1) is 10.2 Å². The average Bonchev–Trinajstić information content (AvgIpc) is 2.91. The zero-order valence-electron chi connectivity index (χ0n) is 9.80. The van der Waals surface area contributed by atoms with Crippen LogP contribution in [0.2, 0.25) is 5.02 Å². The van der Waals surface area contributed by atoms with Crippen LogP contribution in [0.25, 0.3) is 0 Å². The number of carbonyl (C=O) groups excluding carboxylic acids is 1. The number of aromatic nitrogens is 4. The molecule has 1 N–H and O–H groups in total. The third kappa shape index (κ3) is 2.65. The fourth-order valence-electron chi connectivity index (χ4n) is 1.55. The van der Waals surface area contributed by atoms with Gasteiger partial charge in [0, 0.05) is 18.1 Å². The number of amides is 1. The van der Waals surface area contributed by atoms with Crippen molar-refractivity contribution in [3.8, 4) is 0 Å². The molecule has 0 fully saturated rings. The van der Waals surface area contributed by atoms with Crippen LogP contribution >= 0.6 is 11.6 Å². The molecule has 0 aliphatic carbocycles. The Balaban J connectivity index is 2.15. The standard InChI is InChI=1S/C11H12ClN5O/c1-2-17(11(18)10-13-15-16-14-10)7-8-5-3-4-6-9(8)12/h3-6H,2,7H2,1H3,(H,13,14,15,16). The number of hydrogen-bond acceptors (Lipinski definition) is 4. The van der Waals surface area contributed by atoms with E-state index in [0.717, 1.165) is 5.56 Å². The first kappa shape index (κ1) is 12.5. The highest BCUT2D eigenvalue weighted by molar-refractivity contribution is 6.31. The Morgan fingerprint density at radius 2 is 2.22 bits per heavy atom. The number of aromatic amines is 1. The number of benzene rings is 1. The minimum atomic E-state index is -0.272. The largest absolute Gasteiger partial charge is 0.332 e. The molecule has 2 rings (SSSR count). The zero-order valence-corrected chi connectivity index (χ0v) is 10.6. The van der Waals surface area contributed by atoms with Crippen LogP contribution < -0.4 is 0 Å². The molecule has 1 amide bonds. The van der Waals surface area contributed by atoms with Gasteiger partial charge in [0.05, 0.1) is 0 Å². The molecule has 0 unspecified atom stereocenters. The Hall–Kier alpha value is -1.95. The summed E-state index contributed by atoms with van der Waals surface area (Å²) in [7, 11) is 0. The van der Waals surface area contributed by atoms with Crippen molar-refractivity contribution < 1.29 is 4.79 Å². The number of halogens is 1. The van der Waals surface area contributed by atoms with E-state index in [0.29, 0.717) is 18.1 Å². The maximum absolute atomic E-state index is 12.1. The summed E-state index contributed by atoms with van der Waals surface area (Å²) >= 11 is 6.07. The Kier molecular flexibility index (Phi) is 3.88. The zero-order chi connectivity index (χ0) is 13.0. The maximum Gasteiger partial charge on any atom is 0.295 e. The van der Waals surface area contributed by atoms with E-state index in [4.69, 9.17) is 11.6 Å². The van der Waals surface area contributed by atoms with E-state index in [9.17, 15) is 4.79 Å². The molecule has 2 aromatic rings. The van der Waals surface area contributed by atoms with Crippen molar-refractivity contribution in [2.75, 3.05) is 6.54 Å². The van der Waals surface area contributed by atoms with E-state index in [1.807, 2.05) is 25.1 Å². The van der Waals surface area contributed by atoms with Crippen LogP contribution in [0.3, 0.4) is 0 Å². The molecular weight excluding hydrogens is 254 g/mol. The number of nitrogens with zero attached hydrogens (tertiary/aromatic N) is 4. The van der Waals surface area contributed by atoms with Gasteiger partial charge in [-0.05, 0) is 23.8 Å². The molecule has 94 valence electrons. The smallest absolute Gasteiger partial charge is 0.295 e. The molecular formula is C11H12ClN5O. The van der Waals surface area contributed by atoms with Crippen molar-refractivity contribution >= 4 is 17.5 Å². The lowest BCUT2D eigenvalue weighted by molar-refractivity contribution is 0.0740. The van der Waals surface area contributed by atoms with Crippen molar-refractivity contribution in [3.63, 3.8) is 0 Å². The first-order valence-electron chi connectivity index (χ1n) is 5.48. The van der Waals surface area contributed by atoms with Crippen LogP contribution in [0, 0.1) is 0 Å². The Bertz CT molecular complexity index is 528. The fourth-order valence-corrected chi connectivity index (χ4v) is 1.75. The molecule has 0 aliphatic rings. The van der Waals surface area contributed by atoms with E-state index < -0.39 is 0 Å². The lowest BCUT2D eigenvalue weighted by Gasteiger charge is -2.19. The van der Waals surface area contributed by atoms with Gasteiger partial charge in [-0.1, -0.05) is 29.8 Å². The summed E-state index contributed by atoms with van der Waals surface area (Å²) in [6.07, 6.45) is 0. The van der Waals surface area contributed by atoms with Gasteiger partial charge in [-0.25, -0.2) is 0 Å². The van der Waals surface area contributed by atoms with Gasteiger partial charge in [-0.3, -0.25) is 4.79 Å². The second-order valence-corrected chi connectivity index (χ2v) is 4.05. The SMILES string of the molecule is CCN(Cc1ccccc1Cl)C(=O)c1nn[nH]n1. The van der Waals surface area contributed by atoms with E-state index >= 15 is 0 Å². The predicted molar refractivity (Wildman–Crippen MR) is 66.0 cm³/mol. The maximum atomic E-state index is 12.1. The summed E-state index contributed by atoms with van der Waals surface area (Å²) in [6.45, 7) is 2.84. The van der Waals surface area contributed by atoms with Crippen LogP contribution in [-0.4, -0.2) is 38.0 Å². The Morgan fingerprint density at radius 1 is 1.44 bits per heavy atom. The molecule has 0 aliphatic heterocycles. The first-order chi connectivity index (χ1) is 8.72. The molecule has 0 radical (unpaired) electrons. The molecule has 0 atom stereocenters. The molecule has 0 saturated carbocycles. The highest BCUT2D eigenvalue weighted by Gasteiger charge is 2.19. The third-order valence-corrected chi connectivity index (χ3v) is 2.89. The molecule has 1 heterocycles. The first-order valence-corrected chi connectivity index (χ1v) is 5.86. The predicted octanol–water partition coefficient (Wildman–Crippen LogP) is 1.52. The summed E-state index contributed by atoms with van der Waals surface area (Å²) in [5, 5.41) is 13.6. The summed E-state index contributed by atoms with van der Waals surface area (Å²) in [5.41, 5.74) is 0.887. The number of hydrogen-bond donors (Lipinski definition) is 1. The van der Waals surface area contributed by atoms with Gasteiger partial charge >= 0.3 is 0 Å². The van der Waals surface area contributed by atoms with Crippen molar-refractivity contribution in [2.24, 2.45) is 0 Å². The van der Waals surface area contributed by atoms with Crippen LogP contribution in [0.5, 0.6) is 0 Å². The molecule has 0 saturated heterocycles. The van der Waals surface area contributed by atoms with E-state index in [2.05, 4.69) is 20.6 Å². The molecule has 7 heteroatoms. The second kappa shape index (κ2) is 5.59. The topological polar surface area (TPSA) is 74.8 Å². The molecule has 0 spiro atoms. The van der Waals surface area contributed by atoms with Gasteiger partial charge in [0.25, 0.3) is 11.7 Å². The van der Waals surface area contributed by atoms with Crippen LogP contribution in [0.1, 0.15) is 23.1 Å². The van der Waals surface area contributed by atoms with Gasteiger partial charge in [0.2, 0.25) is 0 Å². The minimum Gasteiger partial charge on any atom is -0.332 e. The summed E-state index contributed by atoms with van der Waals surface area (Å²) in [5.74, 6) is -0.213. The van der Waals surface area contributed by atoms with Crippen molar-refractivity contribution in [3.05, 3.63) is 40.7 Å². The number of nitrogens with one attached hydrogen (secondary N) is 1. The number of H-pyrrole nitrogens is 1. The van der Waals surface area contributed by atoms with E-state index in [-0.39, 0.29) is 11.7 Å². The summed E-state index contributed by atoms with van der Waals surface area (Å²) in [6, 6.07) is 7.41. The van der Waals surface area contributed by atoms with E-state index in [1.54, 1.807) is 11.0 Å². The normalized spacial score (nSPS) is 10.3. The Morgan fingerprint density at radius 3 is 2.83 bits per heavy atom. The average molecular weight is 266 g/mol. The van der Waals surface area contributed by atoms with E-state index in [1.165, 1.54) is 0 Å². The highest BCUT2D eigenvalue weighted by atomic mass is 35.5.